The van der Waals surface area contributed by atoms with Gasteiger partial charge in [-0.25, -0.2) is 17.8 Å². The van der Waals surface area contributed by atoms with Gasteiger partial charge in [0.05, 0.1) is 5.02 Å². The number of benzene rings is 1. The Bertz CT molecular complexity index is 803. The van der Waals surface area contributed by atoms with Gasteiger partial charge in [-0.3, -0.25) is 4.79 Å². The molecule has 0 unspecified atom stereocenters. The van der Waals surface area contributed by atoms with E-state index in [4.69, 9.17) is 11.6 Å². The predicted octanol–water partition coefficient (Wildman–Crippen LogP) is 0.787. The van der Waals surface area contributed by atoms with Crippen LogP contribution in [0.4, 0.5) is 5.95 Å². The summed E-state index contributed by atoms with van der Waals surface area (Å²) < 4.78 is 27.9. The van der Waals surface area contributed by atoms with E-state index in [9.17, 15) is 13.2 Å². The highest BCUT2D eigenvalue weighted by Crippen LogP contribution is 2.23. The van der Waals surface area contributed by atoms with Gasteiger partial charge in [-0.05, 0) is 24.6 Å². The molecule has 1 heterocycles. The number of hydrogen-bond acceptors (Lipinski definition) is 5. The first-order valence-electron chi connectivity index (χ1n) is 6.21. The normalized spacial score (nSPS) is 11.2. The Balaban J connectivity index is 2.20. The van der Waals surface area contributed by atoms with Gasteiger partial charge >= 0.3 is 0 Å². The van der Waals surface area contributed by atoms with E-state index in [0.717, 1.165) is 5.56 Å². The van der Waals surface area contributed by atoms with Crippen LogP contribution in [-0.2, 0) is 21.4 Å². The van der Waals surface area contributed by atoms with Gasteiger partial charge in [0.1, 0.15) is 17.8 Å². The number of aryl methyl sites for hydroxylation is 1. The van der Waals surface area contributed by atoms with Crippen molar-refractivity contribution in [2.45, 2.75) is 18.4 Å². The molecule has 1 amide bonds. The smallest absolute Gasteiger partial charge is 0.265 e. The summed E-state index contributed by atoms with van der Waals surface area (Å²) in [5.74, 6) is -0.415. The molecular weight excluding hydrogens is 330 g/mol. The Morgan fingerprint density at radius 2 is 2.14 bits per heavy atom. The zero-order valence-corrected chi connectivity index (χ0v) is 13.4. The average molecular weight is 344 g/mol. The van der Waals surface area contributed by atoms with Crippen LogP contribution in [0.5, 0.6) is 0 Å². The van der Waals surface area contributed by atoms with Gasteiger partial charge in [0.2, 0.25) is 5.91 Å². The van der Waals surface area contributed by atoms with Crippen molar-refractivity contribution in [2.24, 2.45) is 0 Å². The molecule has 1 aromatic carbocycles. The summed E-state index contributed by atoms with van der Waals surface area (Å²) in [6, 6.07) is 4.59. The molecule has 1 aromatic heterocycles. The molecule has 2 N–H and O–H groups in total. The van der Waals surface area contributed by atoms with Crippen LogP contribution in [0, 0.1) is 6.92 Å². The molecule has 0 aliphatic heterocycles. The lowest BCUT2D eigenvalue weighted by Crippen LogP contribution is -2.23. The summed E-state index contributed by atoms with van der Waals surface area (Å²) in [7, 11) is -2.41. The Kier molecular flexibility index (Phi) is 4.67. The molecule has 2 aromatic rings. The van der Waals surface area contributed by atoms with Gasteiger partial charge in [0, 0.05) is 7.05 Å². The first kappa shape index (κ1) is 16.2. The van der Waals surface area contributed by atoms with Crippen molar-refractivity contribution < 1.29 is 13.2 Å². The van der Waals surface area contributed by atoms with Crippen molar-refractivity contribution in [2.75, 3.05) is 11.8 Å². The lowest BCUT2D eigenvalue weighted by Gasteiger charge is -2.07. The number of amides is 1. The Morgan fingerprint density at radius 3 is 2.77 bits per heavy atom. The fraction of sp³-hybridized carbons (Fsp3) is 0.250. The lowest BCUT2D eigenvalue weighted by atomic mass is 10.2. The minimum atomic E-state index is -3.90. The van der Waals surface area contributed by atoms with Crippen LogP contribution in [0.3, 0.4) is 0 Å². The molecule has 8 nitrogen and oxygen atoms in total. The number of anilines is 1. The molecule has 10 heteroatoms. The van der Waals surface area contributed by atoms with Gasteiger partial charge in [-0.15, -0.1) is 5.10 Å². The van der Waals surface area contributed by atoms with Crippen LogP contribution in [0.1, 0.15) is 5.56 Å². The van der Waals surface area contributed by atoms with E-state index in [2.05, 4.69) is 20.1 Å². The third-order valence-electron chi connectivity index (χ3n) is 2.72. The minimum absolute atomic E-state index is 0.0590. The number of carbonyl (C=O) groups is 1. The number of nitrogens with one attached hydrogen (secondary N) is 2. The first-order chi connectivity index (χ1) is 10.3. The fourth-order valence-electron chi connectivity index (χ4n) is 1.64. The lowest BCUT2D eigenvalue weighted by molar-refractivity contribution is -0.121. The predicted molar refractivity (Wildman–Crippen MR) is 81.1 cm³/mol. The number of likely N-dealkylation sites (N-methyl/N-ethyl adjacent to an activating group) is 1. The first-order valence-corrected chi connectivity index (χ1v) is 8.07. The molecule has 0 bridgehead atoms. The van der Waals surface area contributed by atoms with E-state index in [1.807, 2.05) is 0 Å². The van der Waals surface area contributed by atoms with Crippen molar-refractivity contribution >= 4 is 33.5 Å². The van der Waals surface area contributed by atoms with Crippen LogP contribution in [0.2, 0.25) is 5.02 Å². The maximum Gasteiger partial charge on any atom is 0.265 e. The molecule has 0 atom stereocenters. The van der Waals surface area contributed by atoms with E-state index in [0.29, 0.717) is 0 Å². The van der Waals surface area contributed by atoms with Crippen molar-refractivity contribution in [3.63, 3.8) is 0 Å². The highest BCUT2D eigenvalue weighted by Gasteiger charge is 2.20. The summed E-state index contributed by atoms with van der Waals surface area (Å²) in [6.07, 6.45) is 1.25. The van der Waals surface area contributed by atoms with E-state index in [1.54, 1.807) is 19.1 Å². The third-order valence-corrected chi connectivity index (χ3v) is 4.53. The van der Waals surface area contributed by atoms with Crippen LogP contribution in [0.25, 0.3) is 0 Å². The molecule has 22 heavy (non-hydrogen) atoms. The Hall–Kier alpha value is -2.13. The number of aromatic nitrogens is 3. The second-order valence-corrected chi connectivity index (χ2v) is 6.54. The standard InChI is InChI=1S/C12H14ClN5O3S/c1-8-3-4-10(9(13)5-8)22(20,21)17-12-15-7-18(16-12)6-11(19)14-2/h3-5,7H,6H2,1-2H3,(H,14,19)(H,16,17). The van der Waals surface area contributed by atoms with Gasteiger partial charge < -0.3 is 5.32 Å². The number of sulfonamides is 1. The molecule has 0 aliphatic carbocycles. The van der Waals surface area contributed by atoms with Crippen molar-refractivity contribution in [1.82, 2.24) is 20.1 Å². The van der Waals surface area contributed by atoms with Crippen LogP contribution in [0.15, 0.2) is 29.4 Å². The van der Waals surface area contributed by atoms with Crippen molar-refractivity contribution in [1.29, 1.82) is 0 Å². The second-order valence-electron chi connectivity index (χ2n) is 4.48. The molecule has 0 saturated heterocycles. The molecule has 0 radical (unpaired) electrons. The van der Waals surface area contributed by atoms with E-state index in [1.165, 1.54) is 24.1 Å². The Morgan fingerprint density at radius 1 is 1.41 bits per heavy atom. The van der Waals surface area contributed by atoms with Gasteiger partial charge in [-0.1, -0.05) is 17.7 Å². The number of nitrogens with zero attached hydrogens (tertiary/aromatic N) is 3. The van der Waals surface area contributed by atoms with Gasteiger partial charge in [-0.2, -0.15) is 4.98 Å². The Labute approximate surface area is 132 Å². The fourth-order valence-corrected chi connectivity index (χ4v) is 3.19. The zero-order chi connectivity index (χ0) is 16.3. The molecule has 0 spiro atoms. The zero-order valence-electron chi connectivity index (χ0n) is 11.9. The summed E-state index contributed by atoms with van der Waals surface area (Å²) in [5.41, 5.74) is 0.844. The van der Waals surface area contributed by atoms with Crippen molar-refractivity contribution in [3.05, 3.63) is 35.1 Å². The summed E-state index contributed by atoms with van der Waals surface area (Å²) in [5, 5.41) is 6.40. The van der Waals surface area contributed by atoms with Crippen LogP contribution >= 0.6 is 11.6 Å². The summed E-state index contributed by atoms with van der Waals surface area (Å²) in [4.78, 5) is 15.0. The van der Waals surface area contributed by atoms with Crippen LogP contribution in [-0.4, -0.2) is 36.1 Å². The van der Waals surface area contributed by atoms with Crippen LogP contribution < -0.4 is 10.0 Å². The highest BCUT2D eigenvalue weighted by atomic mass is 35.5. The quantitative estimate of drug-likeness (QED) is 0.834. The second kappa shape index (κ2) is 6.32. The molecular formula is C12H14ClN5O3S. The monoisotopic (exact) mass is 343 g/mol. The molecule has 0 saturated carbocycles. The van der Waals surface area contributed by atoms with Gasteiger partial charge in [0.15, 0.2) is 0 Å². The van der Waals surface area contributed by atoms with E-state index >= 15 is 0 Å². The van der Waals surface area contributed by atoms with E-state index < -0.39 is 10.0 Å². The summed E-state index contributed by atoms with van der Waals surface area (Å²) >= 11 is 5.95. The number of carbonyl (C=O) groups excluding carboxylic acids is 1. The molecule has 0 fully saturated rings. The van der Waals surface area contributed by atoms with E-state index in [-0.39, 0.29) is 28.3 Å². The number of rotatable bonds is 5. The molecule has 2 rings (SSSR count). The van der Waals surface area contributed by atoms with Crippen molar-refractivity contribution in [3.8, 4) is 0 Å². The maximum atomic E-state index is 12.3. The number of halogens is 1. The van der Waals surface area contributed by atoms with Gasteiger partial charge in [0.25, 0.3) is 16.0 Å². The SMILES string of the molecule is CNC(=O)Cn1cnc(NS(=O)(=O)c2ccc(C)cc2Cl)n1. The highest BCUT2D eigenvalue weighted by molar-refractivity contribution is 7.92. The number of hydrogen-bond donors (Lipinski definition) is 2. The maximum absolute atomic E-state index is 12.3. The largest absolute Gasteiger partial charge is 0.358 e. The topological polar surface area (TPSA) is 106 Å². The molecule has 0 aliphatic rings. The summed E-state index contributed by atoms with van der Waals surface area (Å²) in [6.45, 7) is 1.74. The average Bonchev–Trinajstić information content (AvgIpc) is 2.84. The third kappa shape index (κ3) is 3.74. The molecule has 118 valence electrons. The minimum Gasteiger partial charge on any atom is -0.358 e.